The Morgan fingerprint density at radius 3 is 2.95 bits per heavy atom. The van der Waals surface area contributed by atoms with Crippen molar-refractivity contribution in [3.05, 3.63) is 34.9 Å². The fourth-order valence-electron chi connectivity index (χ4n) is 2.42. The number of nitrogens with zero attached hydrogens (tertiary/aromatic N) is 1. The molecule has 2 rings (SSSR count). The zero-order valence-electron chi connectivity index (χ0n) is 11.7. The van der Waals surface area contributed by atoms with E-state index in [2.05, 4.69) is 5.32 Å². The van der Waals surface area contributed by atoms with E-state index >= 15 is 0 Å². The summed E-state index contributed by atoms with van der Waals surface area (Å²) >= 11 is 5.98. The van der Waals surface area contributed by atoms with Gasteiger partial charge in [0.15, 0.2) is 0 Å². The van der Waals surface area contributed by atoms with Crippen molar-refractivity contribution >= 4 is 17.6 Å². The van der Waals surface area contributed by atoms with Crippen LogP contribution < -0.4 is 5.32 Å². The molecule has 0 saturated heterocycles. The topological polar surface area (TPSA) is 52.6 Å². The number of urea groups is 1. The molecular formula is C15H21ClN2O2. The number of rotatable bonds is 6. The van der Waals surface area contributed by atoms with Crippen molar-refractivity contribution in [3.63, 3.8) is 0 Å². The number of carbonyl (C=O) groups is 1. The Morgan fingerprint density at radius 2 is 2.30 bits per heavy atom. The Bertz CT molecular complexity index is 461. The summed E-state index contributed by atoms with van der Waals surface area (Å²) in [6, 6.07) is 7.88. The lowest BCUT2D eigenvalue weighted by Crippen LogP contribution is -2.43. The minimum atomic E-state index is -0.0876. The SMILES string of the molecule is CCCN(CCO)C(=O)NC1CC1c1cccc(Cl)c1. The Hall–Kier alpha value is -1.26. The van der Waals surface area contributed by atoms with Gasteiger partial charge in [0.05, 0.1) is 6.61 Å². The van der Waals surface area contributed by atoms with Crippen molar-refractivity contribution in [2.24, 2.45) is 0 Å². The van der Waals surface area contributed by atoms with Gasteiger partial charge in [-0.15, -0.1) is 0 Å². The lowest BCUT2D eigenvalue weighted by atomic mass is 10.1. The second kappa shape index (κ2) is 6.95. The maximum absolute atomic E-state index is 12.1. The average molecular weight is 297 g/mol. The monoisotopic (exact) mass is 296 g/mol. The first-order chi connectivity index (χ1) is 9.65. The number of hydrogen-bond donors (Lipinski definition) is 2. The van der Waals surface area contributed by atoms with E-state index in [9.17, 15) is 4.79 Å². The van der Waals surface area contributed by atoms with Gasteiger partial charge >= 0.3 is 6.03 Å². The summed E-state index contributed by atoms with van der Waals surface area (Å²) in [6.45, 7) is 3.06. The number of carbonyl (C=O) groups excluding carboxylic acids is 1. The first kappa shape index (κ1) is 15.1. The zero-order valence-corrected chi connectivity index (χ0v) is 12.4. The largest absolute Gasteiger partial charge is 0.395 e. The minimum absolute atomic E-state index is 0.00416. The predicted molar refractivity (Wildman–Crippen MR) is 80.1 cm³/mol. The lowest BCUT2D eigenvalue weighted by Gasteiger charge is -2.21. The van der Waals surface area contributed by atoms with E-state index in [-0.39, 0.29) is 18.7 Å². The van der Waals surface area contributed by atoms with Gasteiger partial charge in [-0.25, -0.2) is 4.79 Å². The number of aliphatic hydroxyl groups is 1. The number of hydrogen-bond acceptors (Lipinski definition) is 2. The number of aliphatic hydroxyl groups excluding tert-OH is 1. The van der Waals surface area contributed by atoms with Gasteiger partial charge in [0.1, 0.15) is 0 Å². The average Bonchev–Trinajstić information content (AvgIpc) is 3.17. The molecule has 0 aliphatic heterocycles. The molecule has 0 bridgehead atoms. The van der Waals surface area contributed by atoms with Crippen LogP contribution in [0.4, 0.5) is 4.79 Å². The van der Waals surface area contributed by atoms with Crippen molar-refractivity contribution in [3.8, 4) is 0 Å². The Morgan fingerprint density at radius 1 is 1.50 bits per heavy atom. The van der Waals surface area contributed by atoms with E-state index in [1.54, 1.807) is 4.90 Å². The van der Waals surface area contributed by atoms with Crippen LogP contribution in [-0.2, 0) is 0 Å². The van der Waals surface area contributed by atoms with Crippen LogP contribution in [0.3, 0.4) is 0 Å². The molecule has 0 heterocycles. The third-order valence-corrected chi connectivity index (χ3v) is 3.76. The Labute approximate surface area is 124 Å². The molecule has 20 heavy (non-hydrogen) atoms. The summed E-state index contributed by atoms with van der Waals surface area (Å²) < 4.78 is 0. The van der Waals surface area contributed by atoms with Gasteiger partial charge in [0, 0.05) is 30.1 Å². The van der Waals surface area contributed by atoms with E-state index in [4.69, 9.17) is 16.7 Å². The van der Waals surface area contributed by atoms with Crippen molar-refractivity contribution < 1.29 is 9.90 Å². The molecule has 4 nitrogen and oxygen atoms in total. The summed E-state index contributed by atoms with van der Waals surface area (Å²) in [5.74, 6) is 0.357. The van der Waals surface area contributed by atoms with Gasteiger partial charge in [-0.1, -0.05) is 30.7 Å². The molecule has 2 N–H and O–H groups in total. The molecule has 5 heteroatoms. The third kappa shape index (κ3) is 3.87. The molecule has 1 fully saturated rings. The molecule has 110 valence electrons. The van der Waals surface area contributed by atoms with Gasteiger partial charge in [-0.05, 0) is 30.5 Å². The van der Waals surface area contributed by atoms with Gasteiger partial charge in [-0.2, -0.15) is 0 Å². The summed E-state index contributed by atoms with van der Waals surface area (Å²) in [5.41, 5.74) is 1.17. The first-order valence-corrected chi connectivity index (χ1v) is 7.45. The molecule has 1 aromatic carbocycles. The predicted octanol–water partition coefficient (Wildman–Crippen LogP) is 2.61. The van der Waals surface area contributed by atoms with Crippen molar-refractivity contribution in [2.45, 2.75) is 31.7 Å². The maximum Gasteiger partial charge on any atom is 0.317 e. The van der Waals surface area contributed by atoms with Crippen LogP contribution in [0.2, 0.25) is 5.02 Å². The zero-order chi connectivity index (χ0) is 14.5. The smallest absolute Gasteiger partial charge is 0.317 e. The van der Waals surface area contributed by atoms with Gasteiger partial charge in [-0.3, -0.25) is 0 Å². The summed E-state index contributed by atoms with van der Waals surface area (Å²) in [4.78, 5) is 13.8. The lowest BCUT2D eigenvalue weighted by molar-refractivity contribution is 0.176. The van der Waals surface area contributed by atoms with Crippen LogP contribution in [0, 0.1) is 0 Å². The van der Waals surface area contributed by atoms with E-state index in [0.29, 0.717) is 19.0 Å². The van der Waals surface area contributed by atoms with Gasteiger partial charge < -0.3 is 15.3 Å². The summed E-state index contributed by atoms with van der Waals surface area (Å²) in [5, 5.41) is 12.7. The van der Waals surface area contributed by atoms with Crippen LogP contribution in [-0.4, -0.2) is 41.8 Å². The van der Waals surface area contributed by atoms with Crippen molar-refractivity contribution in [2.75, 3.05) is 19.7 Å². The van der Waals surface area contributed by atoms with Crippen LogP contribution in [0.15, 0.2) is 24.3 Å². The number of amides is 2. The van der Waals surface area contributed by atoms with E-state index < -0.39 is 0 Å². The molecule has 1 saturated carbocycles. The Balaban J connectivity index is 1.87. The van der Waals surface area contributed by atoms with Crippen LogP contribution in [0.5, 0.6) is 0 Å². The number of halogens is 1. The molecule has 1 aliphatic carbocycles. The van der Waals surface area contributed by atoms with E-state index in [1.165, 1.54) is 5.56 Å². The second-order valence-electron chi connectivity index (χ2n) is 5.16. The van der Waals surface area contributed by atoms with Crippen molar-refractivity contribution in [1.29, 1.82) is 0 Å². The van der Waals surface area contributed by atoms with Gasteiger partial charge in [0.2, 0.25) is 0 Å². The number of benzene rings is 1. The molecule has 2 amide bonds. The maximum atomic E-state index is 12.1. The second-order valence-corrected chi connectivity index (χ2v) is 5.60. The molecule has 0 aromatic heterocycles. The molecule has 1 aromatic rings. The fourth-order valence-corrected chi connectivity index (χ4v) is 2.61. The molecule has 0 radical (unpaired) electrons. The standard InChI is InChI=1S/C15H21ClN2O2/c1-2-6-18(7-8-19)15(20)17-14-10-13(14)11-4-3-5-12(16)9-11/h3-5,9,13-14,19H,2,6-8,10H2,1H3,(H,17,20). The highest BCUT2D eigenvalue weighted by atomic mass is 35.5. The van der Waals surface area contributed by atoms with Gasteiger partial charge in [0.25, 0.3) is 0 Å². The first-order valence-electron chi connectivity index (χ1n) is 7.07. The normalized spacial score (nSPS) is 20.6. The number of nitrogens with one attached hydrogen (secondary N) is 1. The van der Waals surface area contributed by atoms with Crippen LogP contribution in [0.25, 0.3) is 0 Å². The van der Waals surface area contributed by atoms with E-state index in [1.807, 2.05) is 31.2 Å². The quantitative estimate of drug-likeness (QED) is 0.848. The highest BCUT2D eigenvalue weighted by Gasteiger charge is 2.40. The summed E-state index contributed by atoms with van der Waals surface area (Å²) in [6.07, 6.45) is 1.83. The van der Waals surface area contributed by atoms with E-state index in [0.717, 1.165) is 17.9 Å². The minimum Gasteiger partial charge on any atom is -0.395 e. The van der Waals surface area contributed by atoms with Crippen LogP contribution >= 0.6 is 11.6 Å². The fraction of sp³-hybridized carbons (Fsp3) is 0.533. The molecule has 2 unspecified atom stereocenters. The molecule has 2 atom stereocenters. The highest BCUT2D eigenvalue weighted by Crippen LogP contribution is 2.41. The highest BCUT2D eigenvalue weighted by molar-refractivity contribution is 6.30. The Kier molecular flexibility index (Phi) is 5.26. The third-order valence-electron chi connectivity index (χ3n) is 3.53. The van der Waals surface area contributed by atoms with Crippen molar-refractivity contribution in [1.82, 2.24) is 10.2 Å². The summed E-state index contributed by atoms with van der Waals surface area (Å²) in [7, 11) is 0. The molecule has 1 aliphatic rings. The van der Waals surface area contributed by atoms with Crippen LogP contribution in [0.1, 0.15) is 31.2 Å². The molecule has 0 spiro atoms. The molecular weight excluding hydrogens is 276 g/mol.